The van der Waals surface area contributed by atoms with E-state index in [1.165, 1.54) is 18.4 Å². The lowest BCUT2D eigenvalue weighted by Gasteiger charge is -2.26. The van der Waals surface area contributed by atoms with Crippen molar-refractivity contribution in [3.8, 4) is 0 Å². The van der Waals surface area contributed by atoms with Crippen LogP contribution in [0.5, 0.6) is 0 Å². The maximum Gasteiger partial charge on any atom is 0.152 e. The molecule has 0 N–H and O–H groups in total. The van der Waals surface area contributed by atoms with Gasteiger partial charge in [0.05, 0.1) is 0 Å². The second-order valence-electron chi connectivity index (χ2n) is 4.81. The molecule has 3 rings (SSSR count). The number of halogens is 1. The first kappa shape index (κ1) is 12.7. The Hall–Kier alpha value is -1.32. The number of rotatable bonds is 5. The summed E-state index contributed by atoms with van der Waals surface area (Å²) >= 11 is 7.78. The van der Waals surface area contributed by atoms with Crippen molar-refractivity contribution in [3.63, 3.8) is 0 Å². The van der Waals surface area contributed by atoms with E-state index < -0.39 is 0 Å². The lowest BCUT2D eigenvalue weighted by molar-refractivity contribution is 0.112. The Morgan fingerprint density at radius 3 is 2.84 bits per heavy atom. The van der Waals surface area contributed by atoms with Gasteiger partial charge in [0.2, 0.25) is 0 Å². The summed E-state index contributed by atoms with van der Waals surface area (Å²) in [5, 5.41) is 4.91. The largest absolute Gasteiger partial charge is 0.364 e. The highest BCUT2D eigenvalue weighted by Crippen LogP contribution is 2.36. The monoisotopic (exact) mass is 291 g/mol. The summed E-state index contributed by atoms with van der Waals surface area (Å²) in [5.41, 5.74) is 2.96. The van der Waals surface area contributed by atoms with Gasteiger partial charge < -0.3 is 4.90 Å². The smallest absolute Gasteiger partial charge is 0.152 e. The summed E-state index contributed by atoms with van der Waals surface area (Å²) in [5.74, 6) is 0. The average molecular weight is 292 g/mol. The van der Waals surface area contributed by atoms with Gasteiger partial charge in [-0.3, -0.25) is 4.79 Å². The predicted octanol–water partition coefficient (Wildman–Crippen LogP) is 4.38. The minimum Gasteiger partial charge on any atom is -0.364 e. The van der Waals surface area contributed by atoms with Gasteiger partial charge in [-0.05, 0) is 53.4 Å². The number of aldehydes is 1. The number of thiophene rings is 1. The number of anilines is 1. The molecule has 1 aromatic carbocycles. The fraction of sp³-hybridized carbons (Fsp3) is 0.267. The Labute approximate surface area is 121 Å². The maximum atomic E-state index is 11.2. The summed E-state index contributed by atoms with van der Waals surface area (Å²) in [7, 11) is 0. The molecule has 1 saturated carbocycles. The van der Waals surface area contributed by atoms with Crippen LogP contribution in [0.4, 0.5) is 5.69 Å². The van der Waals surface area contributed by atoms with E-state index in [9.17, 15) is 4.79 Å². The van der Waals surface area contributed by atoms with Crippen molar-refractivity contribution in [1.29, 1.82) is 0 Å². The summed E-state index contributed by atoms with van der Waals surface area (Å²) in [6, 6.07) is 8.14. The van der Waals surface area contributed by atoms with E-state index in [0.717, 1.165) is 18.5 Å². The molecular weight excluding hydrogens is 278 g/mol. The van der Waals surface area contributed by atoms with E-state index in [-0.39, 0.29) is 0 Å². The maximum absolute atomic E-state index is 11.2. The van der Waals surface area contributed by atoms with Crippen molar-refractivity contribution in [2.75, 3.05) is 4.90 Å². The van der Waals surface area contributed by atoms with Crippen LogP contribution in [0.2, 0.25) is 5.02 Å². The summed E-state index contributed by atoms with van der Waals surface area (Å²) < 4.78 is 0. The third-order valence-electron chi connectivity index (χ3n) is 3.35. The third kappa shape index (κ3) is 2.82. The molecule has 2 nitrogen and oxygen atoms in total. The zero-order chi connectivity index (χ0) is 13.2. The molecule has 0 radical (unpaired) electrons. The van der Waals surface area contributed by atoms with Crippen LogP contribution in [0.3, 0.4) is 0 Å². The molecule has 0 bridgehead atoms. The minimum atomic E-state index is 0.539. The lowest BCUT2D eigenvalue weighted by atomic mass is 10.1. The average Bonchev–Trinajstić information content (AvgIpc) is 3.13. The summed E-state index contributed by atoms with van der Waals surface area (Å²) in [4.78, 5) is 13.5. The molecule has 0 amide bonds. The Morgan fingerprint density at radius 2 is 2.21 bits per heavy atom. The van der Waals surface area contributed by atoms with Crippen molar-refractivity contribution >= 4 is 34.9 Å². The molecule has 1 aliphatic carbocycles. The number of hydrogen-bond acceptors (Lipinski definition) is 3. The van der Waals surface area contributed by atoms with Crippen LogP contribution >= 0.6 is 22.9 Å². The van der Waals surface area contributed by atoms with Crippen molar-refractivity contribution < 1.29 is 4.79 Å². The first-order chi connectivity index (χ1) is 9.28. The van der Waals surface area contributed by atoms with Gasteiger partial charge >= 0.3 is 0 Å². The van der Waals surface area contributed by atoms with E-state index in [2.05, 4.69) is 21.7 Å². The van der Waals surface area contributed by atoms with Gasteiger partial charge in [0.25, 0.3) is 0 Å². The molecule has 98 valence electrons. The molecule has 1 aromatic heterocycles. The molecule has 0 spiro atoms. The van der Waals surface area contributed by atoms with Crippen molar-refractivity contribution in [3.05, 3.63) is 51.2 Å². The van der Waals surface area contributed by atoms with Gasteiger partial charge in [-0.1, -0.05) is 11.6 Å². The van der Waals surface area contributed by atoms with Gasteiger partial charge in [-0.25, -0.2) is 0 Å². The SMILES string of the molecule is O=Cc1ccc(Cl)cc1N(Cc1ccsc1)C1CC1. The van der Waals surface area contributed by atoms with E-state index >= 15 is 0 Å². The second kappa shape index (κ2) is 5.35. The molecular formula is C15H14ClNOS. The molecule has 0 unspecified atom stereocenters. The first-order valence-electron chi connectivity index (χ1n) is 6.30. The number of benzene rings is 1. The Bertz CT molecular complexity index is 578. The molecule has 0 saturated heterocycles. The molecule has 4 heteroatoms. The zero-order valence-electron chi connectivity index (χ0n) is 10.4. The normalized spacial score (nSPS) is 14.4. The van der Waals surface area contributed by atoms with Crippen LogP contribution in [-0.2, 0) is 6.54 Å². The van der Waals surface area contributed by atoms with Gasteiger partial charge in [-0.2, -0.15) is 11.3 Å². The zero-order valence-corrected chi connectivity index (χ0v) is 12.0. The fourth-order valence-electron chi connectivity index (χ4n) is 2.24. The van der Waals surface area contributed by atoms with Gasteiger partial charge in [0, 0.05) is 28.9 Å². The fourth-order valence-corrected chi connectivity index (χ4v) is 3.07. The summed E-state index contributed by atoms with van der Waals surface area (Å²) in [6.07, 6.45) is 3.29. The molecule has 0 atom stereocenters. The lowest BCUT2D eigenvalue weighted by Crippen LogP contribution is -2.25. The highest BCUT2D eigenvalue weighted by atomic mass is 35.5. The third-order valence-corrected chi connectivity index (χ3v) is 4.32. The van der Waals surface area contributed by atoms with E-state index in [1.54, 1.807) is 23.5 Å². The first-order valence-corrected chi connectivity index (χ1v) is 7.62. The molecule has 0 aliphatic heterocycles. The van der Waals surface area contributed by atoms with E-state index in [4.69, 9.17) is 11.6 Å². The van der Waals surface area contributed by atoms with Crippen LogP contribution in [0.15, 0.2) is 35.0 Å². The Balaban J connectivity index is 1.95. The molecule has 1 aliphatic rings. The standard InChI is InChI=1S/C15H14ClNOS/c16-13-2-1-12(9-18)15(7-13)17(14-3-4-14)8-11-5-6-19-10-11/h1-2,5-7,9-10,14H,3-4,8H2. The van der Waals surface area contributed by atoms with E-state index in [0.29, 0.717) is 16.6 Å². The quantitative estimate of drug-likeness (QED) is 0.762. The second-order valence-corrected chi connectivity index (χ2v) is 6.03. The number of hydrogen-bond donors (Lipinski definition) is 0. The van der Waals surface area contributed by atoms with Crippen LogP contribution in [0.25, 0.3) is 0 Å². The molecule has 1 heterocycles. The minimum absolute atomic E-state index is 0.539. The molecule has 2 aromatic rings. The van der Waals surface area contributed by atoms with Gasteiger partial charge in [-0.15, -0.1) is 0 Å². The van der Waals surface area contributed by atoms with Crippen LogP contribution in [0, 0.1) is 0 Å². The topological polar surface area (TPSA) is 20.3 Å². The Morgan fingerprint density at radius 1 is 1.37 bits per heavy atom. The molecule has 1 fully saturated rings. The highest BCUT2D eigenvalue weighted by molar-refractivity contribution is 7.07. The molecule has 19 heavy (non-hydrogen) atoms. The number of carbonyl (C=O) groups excluding carboxylic acids is 1. The number of nitrogens with zero attached hydrogens (tertiary/aromatic N) is 1. The predicted molar refractivity (Wildman–Crippen MR) is 80.4 cm³/mol. The highest BCUT2D eigenvalue weighted by Gasteiger charge is 2.30. The van der Waals surface area contributed by atoms with Crippen molar-refractivity contribution in [2.24, 2.45) is 0 Å². The van der Waals surface area contributed by atoms with Crippen molar-refractivity contribution in [2.45, 2.75) is 25.4 Å². The van der Waals surface area contributed by atoms with E-state index in [1.807, 2.05) is 6.07 Å². The van der Waals surface area contributed by atoms with Gasteiger partial charge in [0.15, 0.2) is 6.29 Å². The van der Waals surface area contributed by atoms with Crippen LogP contribution in [0.1, 0.15) is 28.8 Å². The van der Waals surface area contributed by atoms with Gasteiger partial charge in [0.1, 0.15) is 0 Å². The van der Waals surface area contributed by atoms with Crippen LogP contribution in [-0.4, -0.2) is 12.3 Å². The number of carbonyl (C=O) groups is 1. The van der Waals surface area contributed by atoms with Crippen LogP contribution < -0.4 is 4.90 Å². The summed E-state index contributed by atoms with van der Waals surface area (Å²) in [6.45, 7) is 0.843. The van der Waals surface area contributed by atoms with Crippen molar-refractivity contribution in [1.82, 2.24) is 0 Å². The Kier molecular flexibility index (Phi) is 3.58.